The number of amides is 1. The van der Waals surface area contributed by atoms with Gasteiger partial charge in [-0.15, -0.1) is 0 Å². The number of anilines is 1. The van der Waals surface area contributed by atoms with E-state index in [1.165, 1.54) is 4.90 Å². The largest absolute Gasteiger partial charge is 0.480 e. The van der Waals surface area contributed by atoms with E-state index >= 15 is 0 Å². The zero-order valence-corrected chi connectivity index (χ0v) is 13.6. The van der Waals surface area contributed by atoms with E-state index in [0.29, 0.717) is 23.4 Å². The molecule has 0 spiro atoms. The van der Waals surface area contributed by atoms with Crippen LogP contribution in [0.2, 0.25) is 0 Å². The molecule has 1 aliphatic rings. The Bertz CT molecular complexity index is 772. The molecular weight excluding hydrogens is 306 g/mol. The second-order valence-electron chi connectivity index (χ2n) is 5.85. The molecule has 3 rings (SSSR count). The van der Waals surface area contributed by atoms with Gasteiger partial charge in [0, 0.05) is 5.56 Å². The molecule has 5 nitrogen and oxygen atoms in total. The molecule has 2 atom stereocenters. The predicted molar refractivity (Wildman–Crippen MR) is 90.2 cm³/mol. The van der Waals surface area contributed by atoms with Crippen LogP contribution in [0.25, 0.3) is 0 Å². The Morgan fingerprint density at radius 3 is 2.58 bits per heavy atom. The first-order chi connectivity index (χ1) is 11.5. The van der Waals surface area contributed by atoms with Crippen molar-refractivity contribution in [2.45, 2.75) is 32.4 Å². The van der Waals surface area contributed by atoms with Crippen molar-refractivity contribution in [3.8, 4) is 5.75 Å². The number of fused-ring (bicyclic) bond motifs is 1. The summed E-state index contributed by atoms with van der Waals surface area (Å²) in [7, 11) is 0. The van der Waals surface area contributed by atoms with Gasteiger partial charge in [-0.1, -0.05) is 43.3 Å². The number of ether oxygens (including phenoxy) is 1. The van der Waals surface area contributed by atoms with E-state index in [1.807, 2.05) is 43.3 Å². The molecule has 0 aliphatic carbocycles. The smallest absolute Gasteiger partial charge is 0.326 e. The lowest BCUT2D eigenvalue weighted by molar-refractivity contribution is -0.141. The number of carbonyl (C=O) groups excluding carboxylic acids is 1. The van der Waals surface area contributed by atoms with Gasteiger partial charge in [-0.05, 0) is 31.0 Å². The lowest BCUT2D eigenvalue weighted by atomic mass is 10.0. The third-order valence-electron chi connectivity index (χ3n) is 4.17. The molecule has 1 N–H and O–H groups in total. The van der Waals surface area contributed by atoms with Crippen LogP contribution in [0.4, 0.5) is 5.69 Å². The summed E-state index contributed by atoms with van der Waals surface area (Å²) < 4.78 is 5.91. The van der Waals surface area contributed by atoms with Crippen molar-refractivity contribution < 1.29 is 19.4 Å². The van der Waals surface area contributed by atoms with Gasteiger partial charge in [0.05, 0.1) is 5.69 Å². The van der Waals surface area contributed by atoms with Crippen LogP contribution in [-0.4, -0.2) is 23.0 Å². The van der Waals surface area contributed by atoms with Crippen LogP contribution in [-0.2, 0) is 9.59 Å². The highest BCUT2D eigenvalue weighted by Gasteiger charge is 2.41. The van der Waals surface area contributed by atoms with Crippen molar-refractivity contribution in [2.75, 3.05) is 4.90 Å². The number of aliphatic carboxylic acids is 1. The Balaban J connectivity index is 2.13. The van der Waals surface area contributed by atoms with E-state index in [2.05, 4.69) is 0 Å². The highest BCUT2D eigenvalue weighted by atomic mass is 16.5. The van der Waals surface area contributed by atoms with Crippen molar-refractivity contribution in [1.29, 1.82) is 0 Å². The molecule has 2 unspecified atom stereocenters. The maximum absolute atomic E-state index is 13.0. The van der Waals surface area contributed by atoms with E-state index in [1.54, 1.807) is 19.1 Å². The fourth-order valence-electron chi connectivity index (χ4n) is 2.97. The van der Waals surface area contributed by atoms with Crippen LogP contribution in [0.15, 0.2) is 48.5 Å². The van der Waals surface area contributed by atoms with Crippen molar-refractivity contribution in [3.63, 3.8) is 0 Å². The van der Waals surface area contributed by atoms with Crippen molar-refractivity contribution in [2.24, 2.45) is 0 Å². The second-order valence-corrected chi connectivity index (χ2v) is 5.85. The SMILES string of the molecule is CCC(C(=O)O)N1C(=O)C(c2ccccc2)Oc2ccc(C)cc21. The first-order valence-corrected chi connectivity index (χ1v) is 7.91. The van der Waals surface area contributed by atoms with Crippen LogP contribution in [0, 0.1) is 6.92 Å². The van der Waals surface area contributed by atoms with Gasteiger partial charge in [-0.25, -0.2) is 4.79 Å². The molecule has 2 aromatic rings. The number of aryl methyl sites for hydroxylation is 1. The molecule has 24 heavy (non-hydrogen) atoms. The zero-order valence-electron chi connectivity index (χ0n) is 13.6. The molecule has 0 saturated carbocycles. The molecule has 1 amide bonds. The summed E-state index contributed by atoms with van der Waals surface area (Å²) in [6.45, 7) is 3.66. The molecule has 0 aromatic heterocycles. The lowest BCUT2D eigenvalue weighted by Gasteiger charge is -2.37. The number of rotatable bonds is 4. The minimum atomic E-state index is -1.02. The van der Waals surface area contributed by atoms with Gasteiger partial charge < -0.3 is 9.84 Å². The topological polar surface area (TPSA) is 66.8 Å². The van der Waals surface area contributed by atoms with Gasteiger partial charge in [-0.2, -0.15) is 0 Å². The van der Waals surface area contributed by atoms with Crippen LogP contribution in [0.5, 0.6) is 5.75 Å². The average molecular weight is 325 g/mol. The number of carboxylic acids is 1. The summed E-state index contributed by atoms with van der Waals surface area (Å²) >= 11 is 0. The minimum Gasteiger partial charge on any atom is -0.480 e. The van der Waals surface area contributed by atoms with Gasteiger partial charge in [0.15, 0.2) is 0 Å². The summed E-state index contributed by atoms with van der Waals surface area (Å²) in [5.74, 6) is -0.852. The second kappa shape index (κ2) is 6.35. The van der Waals surface area contributed by atoms with Crippen molar-refractivity contribution in [3.05, 3.63) is 59.7 Å². The molecule has 5 heteroatoms. The van der Waals surface area contributed by atoms with Crippen LogP contribution in [0.3, 0.4) is 0 Å². The minimum absolute atomic E-state index is 0.315. The third kappa shape index (κ3) is 2.73. The number of hydrogen-bond acceptors (Lipinski definition) is 3. The zero-order chi connectivity index (χ0) is 17.3. The highest BCUT2D eigenvalue weighted by molar-refractivity contribution is 6.04. The Morgan fingerprint density at radius 2 is 1.96 bits per heavy atom. The van der Waals surface area contributed by atoms with Gasteiger partial charge in [0.2, 0.25) is 6.10 Å². The maximum Gasteiger partial charge on any atom is 0.326 e. The Hall–Kier alpha value is -2.82. The summed E-state index contributed by atoms with van der Waals surface area (Å²) in [6.07, 6.45) is -0.523. The molecule has 0 bridgehead atoms. The molecule has 2 aromatic carbocycles. The highest BCUT2D eigenvalue weighted by Crippen LogP contribution is 2.40. The average Bonchev–Trinajstić information content (AvgIpc) is 2.58. The third-order valence-corrected chi connectivity index (χ3v) is 4.17. The first kappa shape index (κ1) is 16.1. The summed E-state index contributed by atoms with van der Waals surface area (Å²) in [5, 5.41) is 9.56. The summed E-state index contributed by atoms with van der Waals surface area (Å²) in [5.41, 5.74) is 2.16. The van der Waals surface area contributed by atoms with Gasteiger partial charge in [0.25, 0.3) is 5.91 Å². The first-order valence-electron chi connectivity index (χ1n) is 7.91. The Kier molecular flexibility index (Phi) is 4.25. The molecule has 124 valence electrons. The summed E-state index contributed by atoms with van der Waals surface area (Å²) in [4.78, 5) is 26.1. The fourth-order valence-corrected chi connectivity index (χ4v) is 2.97. The molecule has 0 saturated heterocycles. The Morgan fingerprint density at radius 1 is 1.25 bits per heavy atom. The molecule has 0 radical (unpaired) electrons. The summed E-state index contributed by atoms with van der Waals surface area (Å²) in [6, 6.07) is 13.7. The van der Waals surface area contributed by atoms with Gasteiger partial charge in [-0.3, -0.25) is 9.69 Å². The Labute approximate surface area is 140 Å². The number of hydrogen-bond donors (Lipinski definition) is 1. The van der Waals surface area contributed by atoms with Crippen LogP contribution >= 0.6 is 0 Å². The van der Waals surface area contributed by atoms with Crippen LogP contribution in [0.1, 0.15) is 30.6 Å². The van der Waals surface area contributed by atoms with Crippen molar-refractivity contribution >= 4 is 17.6 Å². The van der Waals surface area contributed by atoms with E-state index in [4.69, 9.17) is 4.74 Å². The molecular formula is C19H19NO4. The number of carboxylic acid groups (broad SMARTS) is 1. The monoisotopic (exact) mass is 325 g/mol. The van der Waals surface area contributed by atoms with E-state index in [0.717, 1.165) is 5.56 Å². The number of carbonyl (C=O) groups is 2. The van der Waals surface area contributed by atoms with Gasteiger partial charge >= 0.3 is 5.97 Å². The van der Waals surface area contributed by atoms with Gasteiger partial charge in [0.1, 0.15) is 11.8 Å². The number of nitrogens with zero attached hydrogens (tertiary/aromatic N) is 1. The molecule has 1 aliphatic heterocycles. The maximum atomic E-state index is 13.0. The molecule has 1 heterocycles. The number of benzene rings is 2. The predicted octanol–water partition coefficient (Wildman–Crippen LogP) is 3.32. The molecule has 0 fully saturated rings. The van der Waals surface area contributed by atoms with E-state index in [-0.39, 0.29) is 5.91 Å². The quantitative estimate of drug-likeness (QED) is 0.936. The lowest BCUT2D eigenvalue weighted by Crippen LogP contribution is -2.50. The van der Waals surface area contributed by atoms with E-state index < -0.39 is 18.1 Å². The van der Waals surface area contributed by atoms with Crippen molar-refractivity contribution in [1.82, 2.24) is 0 Å². The standard InChI is InChI=1S/C19H19NO4/c1-3-14(19(22)23)20-15-11-12(2)9-10-16(15)24-17(18(20)21)13-7-5-4-6-8-13/h4-11,14,17H,3H2,1-2H3,(H,22,23). The van der Waals surface area contributed by atoms with E-state index in [9.17, 15) is 14.7 Å². The normalized spacial score (nSPS) is 17.8. The fraction of sp³-hybridized carbons (Fsp3) is 0.263. The van der Waals surface area contributed by atoms with Crippen LogP contribution < -0.4 is 9.64 Å².